The fourth-order valence-electron chi connectivity index (χ4n) is 4.37. The lowest BCUT2D eigenvalue weighted by Gasteiger charge is -2.36. The number of ether oxygens (including phenoxy) is 2. The van der Waals surface area contributed by atoms with Crippen molar-refractivity contribution in [2.75, 3.05) is 25.2 Å². The lowest BCUT2D eigenvalue weighted by molar-refractivity contribution is -0.125. The van der Waals surface area contributed by atoms with Gasteiger partial charge in [-0.05, 0) is 69.4 Å². The molecule has 0 radical (unpaired) electrons. The van der Waals surface area contributed by atoms with E-state index in [2.05, 4.69) is 16.0 Å². The van der Waals surface area contributed by atoms with Crippen molar-refractivity contribution in [1.82, 2.24) is 15.5 Å². The zero-order valence-corrected chi connectivity index (χ0v) is 21.0. The van der Waals surface area contributed by atoms with E-state index in [4.69, 9.17) is 9.47 Å². The molecule has 0 aliphatic carbocycles. The molecule has 36 heavy (non-hydrogen) atoms. The largest absolute Gasteiger partial charge is 0.454 e. The van der Waals surface area contributed by atoms with E-state index in [0.717, 1.165) is 17.7 Å². The van der Waals surface area contributed by atoms with E-state index < -0.39 is 6.04 Å². The molecule has 9 heteroatoms. The topological polar surface area (TPSA) is 109 Å². The number of piperidine rings is 1. The zero-order valence-electron chi connectivity index (χ0n) is 21.0. The molecule has 2 heterocycles. The number of fused-ring (bicyclic) bond motifs is 1. The number of carbonyl (C=O) groups is 3. The van der Waals surface area contributed by atoms with Gasteiger partial charge in [0.15, 0.2) is 11.5 Å². The molecule has 0 spiro atoms. The Balaban J connectivity index is 1.40. The van der Waals surface area contributed by atoms with Crippen molar-refractivity contribution in [3.05, 3.63) is 53.6 Å². The Hall–Kier alpha value is -3.75. The van der Waals surface area contributed by atoms with Crippen molar-refractivity contribution in [1.29, 1.82) is 0 Å². The standard InChI is InChI=1S/C27H34N4O5/c1-4-18(3)28-26(33)24(30-25(32)20-7-10-22-23(15-20)36-16-35-22)19-11-13-31(14-12-19)27(34)29-21-8-5-17(2)6-9-21/h5-10,15,18-19,24H,4,11-14,16H2,1-3H3,(H,28,33)(H,29,34)(H,30,32)/t18-,24+/m1/s1. The van der Waals surface area contributed by atoms with Crippen LogP contribution in [0.5, 0.6) is 11.5 Å². The summed E-state index contributed by atoms with van der Waals surface area (Å²) < 4.78 is 10.7. The maximum Gasteiger partial charge on any atom is 0.321 e. The van der Waals surface area contributed by atoms with Crippen molar-refractivity contribution < 1.29 is 23.9 Å². The summed E-state index contributed by atoms with van der Waals surface area (Å²) in [6, 6.07) is 11.7. The number of anilines is 1. The summed E-state index contributed by atoms with van der Waals surface area (Å²) in [5, 5.41) is 8.88. The van der Waals surface area contributed by atoms with Gasteiger partial charge in [0.05, 0.1) is 0 Å². The predicted molar refractivity (Wildman–Crippen MR) is 136 cm³/mol. The first-order chi connectivity index (χ1) is 17.3. The molecule has 2 atom stereocenters. The van der Waals surface area contributed by atoms with E-state index in [0.29, 0.717) is 43.0 Å². The SMILES string of the molecule is CC[C@@H](C)NC(=O)[C@@H](NC(=O)c1ccc2c(c1)OCO2)C1CCN(C(=O)Nc2ccc(C)cc2)CC1. The molecule has 192 valence electrons. The fourth-order valence-corrected chi connectivity index (χ4v) is 4.37. The van der Waals surface area contributed by atoms with Gasteiger partial charge in [-0.25, -0.2) is 4.79 Å². The summed E-state index contributed by atoms with van der Waals surface area (Å²) in [5.74, 6) is 0.443. The van der Waals surface area contributed by atoms with Gasteiger partial charge in [0.25, 0.3) is 5.91 Å². The van der Waals surface area contributed by atoms with Crippen molar-refractivity contribution in [3.8, 4) is 11.5 Å². The molecule has 3 N–H and O–H groups in total. The molecule has 4 amide bonds. The monoisotopic (exact) mass is 494 g/mol. The van der Waals surface area contributed by atoms with Gasteiger partial charge in [0, 0.05) is 30.4 Å². The van der Waals surface area contributed by atoms with E-state index >= 15 is 0 Å². The van der Waals surface area contributed by atoms with Gasteiger partial charge in [-0.1, -0.05) is 24.6 Å². The summed E-state index contributed by atoms with van der Waals surface area (Å²) in [6.07, 6.45) is 1.98. The van der Waals surface area contributed by atoms with Crippen LogP contribution in [-0.2, 0) is 4.79 Å². The smallest absolute Gasteiger partial charge is 0.321 e. The van der Waals surface area contributed by atoms with Gasteiger partial charge < -0.3 is 30.3 Å². The van der Waals surface area contributed by atoms with Gasteiger partial charge in [-0.15, -0.1) is 0 Å². The van der Waals surface area contributed by atoms with Crippen LogP contribution in [0.25, 0.3) is 0 Å². The Labute approximate surface area is 211 Å². The van der Waals surface area contributed by atoms with E-state index in [9.17, 15) is 14.4 Å². The van der Waals surface area contributed by atoms with Crippen LogP contribution in [0.1, 0.15) is 49.0 Å². The van der Waals surface area contributed by atoms with E-state index in [1.807, 2.05) is 45.0 Å². The average molecular weight is 495 g/mol. The number of urea groups is 1. The molecule has 0 bridgehead atoms. The molecule has 2 aliphatic heterocycles. The highest BCUT2D eigenvalue weighted by molar-refractivity contribution is 5.98. The average Bonchev–Trinajstić information content (AvgIpc) is 3.36. The van der Waals surface area contributed by atoms with Gasteiger partial charge in [0.2, 0.25) is 12.7 Å². The Kier molecular flexibility index (Phi) is 7.97. The van der Waals surface area contributed by atoms with Crippen LogP contribution in [0.4, 0.5) is 10.5 Å². The lowest BCUT2D eigenvalue weighted by Crippen LogP contribution is -2.55. The highest BCUT2D eigenvalue weighted by Gasteiger charge is 2.34. The molecule has 4 rings (SSSR count). The minimum Gasteiger partial charge on any atom is -0.454 e. The summed E-state index contributed by atoms with van der Waals surface area (Å²) in [6.45, 7) is 7.04. The molecule has 1 fully saturated rings. The third-order valence-electron chi connectivity index (χ3n) is 6.81. The number of nitrogens with one attached hydrogen (secondary N) is 3. The lowest BCUT2D eigenvalue weighted by atomic mass is 9.88. The molecule has 0 aromatic heterocycles. The molecule has 9 nitrogen and oxygen atoms in total. The molecule has 1 saturated heterocycles. The number of nitrogens with zero attached hydrogens (tertiary/aromatic N) is 1. The first-order valence-electron chi connectivity index (χ1n) is 12.5. The second kappa shape index (κ2) is 11.3. The minimum absolute atomic E-state index is 0.0113. The van der Waals surface area contributed by atoms with Crippen LogP contribution in [0.3, 0.4) is 0 Å². The maximum absolute atomic E-state index is 13.2. The summed E-state index contributed by atoms with van der Waals surface area (Å²) in [5.41, 5.74) is 2.27. The second-order valence-corrected chi connectivity index (χ2v) is 9.46. The Morgan fingerprint density at radius 1 is 1.00 bits per heavy atom. The van der Waals surface area contributed by atoms with Crippen LogP contribution in [0, 0.1) is 12.8 Å². The summed E-state index contributed by atoms with van der Waals surface area (Å²) >= 11 is 0. The van der Waals surface area contributed by atoms with Gasteiger partial charge >= 0.3 is 6.03 Å². The second-order valence-electron chi connectivity index (χ2n) is 9.46. The van der Waals surface area contributed by atoms with Crippen molar-refractivity contribution in [2.24, 2.45) is 5.92 Å². The van der Waals surface area contributed by atoms with E-state index in [1.54, 1.807) is 23.1 Å². The Bertz CT molecular complexity index is 1100. The molecule has 0 unspecified atom stereocenters. The first-order valence-corrected chi connectivity index (χ1v) is 12.5. The van der Waals surface area contributed by atoms with Crippen LogP contribution < -0.4 is 25.4 Å². The summed E-state index contributed by atoms with van der Waals surface area (Å²) in [4.78, 5) is 40.8. The third kappa shape index (κ3) is 6.08. The molecule has 2 aromatic carbocycles. The number of likely N-dealkylation sites (tertiary alicyclic amines) is 1. The minimum atomic E-state index is -0.709. The quantitative estimate of drug-likeness (QED) is 0.544. The van der Waals surface area contributed by atoms with Gasteiger partial charge in [-0.3, -0.25) is 9.59 Å². The number of hydrogen-bond acceptors (Lipinski definition) is 5. The van der Waals surface area contributed by atoms with Crippen LogP contribution >= 0.6 is 0 Å². The Morgan fingerprint density at radius 3 is 2.39 bits per heavy atom. The number of benzene rings is 2. The van der Waals surface area contributed by atoms with E-state index in [-0.39, 0.29) is 36.6 Å². The fraction of sp³-hybridized carbons (Fsp3) is 0.444. The Morgan fingerprint density at radius 2 is 1.69 bits per heavy atom. The number of amides is 4. The third-order valence-corrected chi connectivity index (χ3v) is 6.81. The number of carbonyl (C=O) groups excluding carboxylic acids is 3. The van der Waals surface area contributed by atoms with Gasteiger partial charge in [0.1, 0.15) is 6.04 Å². The highest BCUT2D eigenvalue weighted by atomic mass is 16.7. The number of aryl methyl sites for hydroxylation is 1. The van der Waals surface area contributed by atoms with Crippen LogP contribution in [0.2, 0.25) is 0 Å². The van der Waals surface area contributed by atoms with Crippen molar-refractivity contribution >= 4 is 23.5 Å². The molecular formula is C27H34N4O5. The van der Waals surface area contributed by atoms with Crippen molar-refractivity contribution in [2.45, 2.75) is 52.1 Å². The molecular weight excluding hydrogens is 460 g/mol. The molecule has 2 aliphatic rings. The van der Waals surface area contributed by atoms with Gasteiger partial charge in [-0.2, -0.15) is 0 Å². The summed E-state index contributed by atoms with van der Waals surface area (Å²) in [7, 11) is 0. The zero-order chi connectivity index (χ0) is 25.7. The van der Waals surface area contributed by atoms with Crippen LogP contribution in [-0.4, -0.2) is 54.7 Å². The number of hydrogen-bond donors (Lipinski definition) is 3. The maximum atomic E-state index is 13.2. The van der Waals surface area contributed by atoms with Crippen molar-refractivity contribution in [3.63, 3.8) is 0 Å². The molecule has 2 aromatic rings. The molecule has 0 saturated carbocycles. The number of rotatable bonds is 7. The van der Waals surface area contributed by atoms with Crippen LogP contribution in [0.15, 0.2) is 42.5 Å². The highest BCUT2D eigenvalue weighted by Crippen LogP contribution is 2.32. The predicted octanol–water partition coefficient (Wildman–Crippen LogP) is 3.68. The first kappa shape index (κ1) is 25.3. The normalized spacial score (nSPS) is 16.7. The van der Waals surface area contributed by atoms with E-state index in [1.165, 1.54) is 0 Å².